The first-order valence-corrected chi connectivity index (χ1v) is 10.2. The standard InChI is InChI=1S/C22H24N4O3/c1-25(15-10-16(27)11-15)18-12-17(22(28)29)23-21-19(18)20(13-6-5-7-13)24-26(21)14-8-3-2-4-9-14/h2-4,8-9,12-13,15-16,27H,5-7,10-11H2,1H3,(H,28,29)/t15-,16+. The fourth-order valence-electron chi connectivity index (χ4n) is 4.30. The van der Waals surface area contributed by atoms with Crippen LogP contribution in [0.2, 0.25) is 0 Å². The molecule has 29 heavy (non-hydrogen) atoms. The number of benzene rings is 1. The molecule has 2 aromatic heterocycles. The number of rotatable bonds is 5. The lowest BCUT2D eigenvalue weighted by Crippen LogP contribution is -2.45. The van der Waals surface area contributed by atoms with Crippen LogP contribution < -0.4 is 4.90 Å². The van der Waals surface area contributed by atoms with Crippen molar-refractivity contribution >= 4 is 22.7 Å². The second-order valence-corrected chi connectivity index (χ2v) is 8.18. The Balaban J connectivity index is 1.76. The summed E-state index contributed by atoms with van der Waals surface area (Å²) in [6.45, 7) is 0. The number of para-hydroxylation sites is 1. The van der Waals surface area contributed by atoms with Crippen molar-refractivity contribution in [3.63, 3.8) is 0 Å². The van der Waals surface area contributed by atoms with Crippen molar-refractivity contribution in [2.45, 2.75) is 50.2 Å². The molecule has 2 heterocycles. The van der Waals surface area contributed by atoms with Gasteiger partial charge in [0.25, 0.3) is 0 Å². The molecule has 0 amide bonds. The number of fused-ring (bicyclic) bond motifs is 1. The van der Waals surface area contributed by atoms with Crippen LogP contribution in [0.1, 0.15) is 54.2 Å². The average molecular weight is 392 g/mol. The molecule has 3 aromatic rings. The van der Waals surface area contributed by atoms with E-state index in [1.807, 2.05) is 37.4 Å². The van der Waals surface area contributed by atoms with E-state index in [4.69, 9.17) is 5.10 Å². The summed E-state index contributed by atoms with van der Waals surface area (Å²) < 4.78 is 1.78. The maximum absolute atomic E-state index is 11.8. The Bertz CT molecular complexity index is 1070. The van der Waals surface area contributed by atoms with Gasteiger partial charge in [-0.3, -0.25) is 0 Å². The van der Waals surface area contributed by atoms with Gasteiger partial charge in [0.1, 0.15) is 0 Å². The van der Waals surface area contributed by atoms with E-state index in [1.54, 1.807) is 10.7 Å². The summed E-state index contributed by atoms with van der Waals surface area (Å²) in [4.78, 5) is 18.4. The van der Waals surface area contributed by atoms with Crippen LogP contribution in [0.15, 0.2) is 36.4 Å². The molecule has 0 aliphatic heterocycles. The lowest BCUT2D eigenvalue weighted by Gasteiger charge is -2.40. The molecule has 7 nitrogen and oxygen atoms in total. The highest BCUT2D eigenvalue weighted by Gasteiger charge is 2.34. The van der Waals surface area contributed by atoms with Crippen LogP contribution in [-0.4, -0.2) is 50.1 Å². The third kappa shape index (κ3) is 2.97. The highest BCUT2D eigenvalue weighted by Crippen LogP contribution is 2.43. The summed E-state index contributed by atoms with van der Waals surface area (Å²) in [5.74, 6) is -0.680. The number of hydrogen-bond acceptors (Lipinski definition) is 5. The molecule has 2 saturated carbocycles. The molecule has 7 heteroatoms. The van der Waals surface area contributed by atoms with E-state index in [0.717, 1.165) is 35.3 Å². The van der Waals surface area contributed by atoms with Gasteiger partial charge in [-0.15, -0.1) is 0 Å². The topological polar surface area (TPSA) is 91.5 Å². The zero-order valence-corrected chi connectivity index (χ0v) is 16.3. The summed E-state index contributed by atoms with van der Waals surface area (Å²) in [5.41, 5.74) is 3.30. The molecule has 2 aliphatic carbocycles. The predicted molar refractivity (Wildman–Crippen MR) is 110 cm³/mol. The van der Waals surface area contributed by atoms with Crippen LogP contribution in [0.4, 0.5) is 5.69 Å². The molecule has 0 atom stereocenters. The van der Waals surface area contributed by atoms with Gasteiger partial charge in [0, 0.05) is 19.0 Å². The van der Waals surface area contributed by atoms with Gasteiger partial charge in [-0.25, -0.2) is 14.5 Å². The largest absolute Gasteiger partial charge is 0.477 e. The minimum Gasteiger partial charge on any atom is -0.477 e. The van der Waals surface area contributed by atoms with Crippen LogP contribution in [0.3, 0.4) is 0 Å². The molecule has 0 saturated heterocycles. The van der Waals surface area contributed by atoms with Gasteiger partial charge in [0.05, 0.1) is 28.6 Å². The van der Waals surface area contributed by atoms with Gasteiger partial charge in [-0.2, -0.15) is 5.10 Å². The second-order valence-electron chi connectivity index (χ2n) is 8.18. The van der Waals surface area contributed by atoms with Crippen molar-refractivity contribution in [3.05, 3.63) is 47.8 Å². The molecule has 0 spiro atoms. The van der Waals surface area contributed by atoms with Crippen molar-refractivity contribution < 1.29 is 15.0 Å². The molecule has 150 valence electrons. The molecule has 5 rings (SSSR count). The highest BCUT2D eigenvalue weighted by atomic mass is 16.4. The van der Waals surface area contributed by atoms with Gasteiger partial charge < -0.3 is 15.1 Å². The zero-order chi connectivity index (χ0) is 20.1. The molecular weight excluding hydrogens is 368 g/mol. The van der Waals surface area contributed by atoms with E-state index >= 15 is 0 Å². The Hall–Kier alpha value is -2.93. The lowest BCUT2D eigenvalue weighted by molar-refractivity contribution is 0.0688. The minimum absolute atomic E-state index is 0.0106. The van der Waals surface area contributed by atoms with Crippen LogP contribution in [0.25, 0.3) is 16.7 Å². The third-order valence-corrected chi connectivity index (χ3v) is 6.37. The Labute approximate surface area is 168 Å². The molecule has 0 radical (unpaired) electrons. The first-order valence-electron chi connectivity index (χ1n) is 10.2. The monoisotopic (exact) mass is 392 g/mol. The Morgan fingerprint density at radius 2 is 1.93 bits per heavy atom. The van der Waals surface area contributed by atoms with Gasteiger partial charge >= 0.3 is 5.97 Å². The lowest BCUT2D eigenvalue weighted by atomic mass is 9.81. The van der Waals surface area contributed by atoms with E-state index in [2.05, 4.69) is 9.88 Å². The number of carboxylic acids is 1. The number of aromatic nitrogens is 3. The van der Waals surface area contributed by atoms with Gasteiger partial charge in [0.2, 0.25) is 0 Å². The van der Waals surface area contributed by atoms with Crippen molar-refractivity contribution in [3.8, 4) is 5.69 Å². The average Bonchev–Trinajstić information content (AvgIpc) is 3.03. The normalized spacial score (nSPS) is 21.6. The van der Waals surface area contributed by atoms with E-state index < -0.39 is 5.97 Å². The summed E-state index contributed by atoms with van der Waals surface area (Å²) >= 11 is 0. The number of nitrogens with zero attached hydrogens (tertiary/aromatic N) is 4. The number of carboxylic acid groups (broad SMARTS) is 1. The van der Waals surface area contributed by atoms with Crippen LogP contribution in [0, 0.1) is 0 Å². The van der Waals surface area contributed by atoms with E-state index in [1.165, 1.54) is 6.42 Å². The number of anilines is 1. The van der Waals surface area contributed by atoms with Crippen LogP contribution in [0.5, 0.6) is 0 Å². The first kappa shape index (κ1) is 18.1. The summed E-state index contributed by atoms with van der Waals surface area (Å²) in [6, 6.07) is 11.6. The summed E-state index contributed by atoms with van der Waals surface area (Å²) in [6.07, 6.45) is 4.46. The van der Waals surface area contributed by atoms with Crippen molar-refractivity contribution in [1.82, 2.24) is 14.8 Å². The van der Waals surface area contributed by atoms with E-state index in [-0.39, 0.29) is 17.8 Å². The van der Waals surface area contributed by atoms with Gasteiger partial charge in [-0.05, 0) is 43.9 Å². The smallest absolute Gasteiger partial charge is 0.354 e. The number of hydrogen-bond donors (Lipinski definition) is 2. The highest BCUT2D eigenvalue weighted by molar-refractivity contribution is 5.98. The molecular formula is C22H24N4O3. The molecule has 1 aromatic carbocycles. The summed E-state index contributed by atoms with van der Waals surface area (Å²) in [5, 5.41) is 25.3. The zero-order valence-electron chi connectivity index (χ0n) is 16.3. The fourth-order valence-corrected chi connectivity index (χ4v) is 4.30. The quantitative estimate of drug-likeness (QED) is 0.692. The molecule has 2 N–H and O–H groups in total. The maximum atomic E-state index is 11.8. The molecule has 0 unspecified atom stereocenters. The van der Waals surface area contributed by atoms with Crippen LogP contribution in [-0.2, 0) is 0 Å². The van der Waals surface area contributed by atoms with Crippen LogP contribution >= 0.6 is 0 Å². The predicted octanol–water partition coefficient (Wildman–Crippen LogP) is 3.35. The third-order valence-electron chi connectivity index (χ3n) is 6.37. The Morgan fingerprint density at radius 1 is 1.21 bits per heavy atom. The molecule has 2 fully saturated rings. The van der Waals surface area contributed by atoms with Crippen molar-refractivity contribution in [1.29, 1.82) is 0 Å². The maximum Gasteiger partial charge on any atom is 0.354 e. The van der Waals surface area contributed by atoms with Gasteiger partial charge in [0.15, 0.2) is 11.3 Å². The number of aliphatic hydroxyl groups is 1. The summed E-state index contributed by atoms with van der Waals surface area (Å²) in [7, 11) is 1.97. The van der Waals surface area contributed by atoms with E-state index in [0.29, 0.717) is 24.4 Å². The number of carbonyl (C=O) groups is 1. The molecule has 0 bridgehead atoms. The number of pyridine rings is 1. The molecule has 2 aliphatic rings. The van der Waals surface area contributed by atoms with Crippen molar-refractivity contribution in [2.24, 2.45) is 0 Å². The minimum atomic E-state index is -1.05. The van der Waals surface area contributed by atoms with Gasteiger partial charge in [-0.1, -0.05) is 24.6 Å². The Kier molecular flexibility index (Phi) is 4.28. The Morgan fingerprint density at radius 3 is 2.52 bits per heavy atom. The van der Waals surface area contributed by atoms with Crippen molar-refractivity contribution in [2.75, 3.05) is 11.9 Å². The first-order chi connectivity index (χ1) is 14.0. The SMILES string of the molecule is CN(c1cc(C(=O)O)nc2c1c(C1CCC1)nn2-c1ccccc1)[C@H]1C[C@@H](O)C1. The van der Waals surface area contributed by atoms with E-state index in [9.17, 15) is 15.0 Å². The number of aliphatic hydroxyl groups excluding tert-OH is 1. The second kappa shape index (κ2) is 6.84. The number of aromatic carboxylic acids is 1. The fraction of sp³-hybridized carbons (Fsp3) is 0.409.